The Morgan fingerprint density at radius 1 is 1.03 bits per heavy atom. The van der Waals surface area contributed by atoms with E-state index in [1.54, 1.807) is 20.4 Å². The molecule has 6 nitrogen and oxygen atoms in total. The summed E-state index contributed by atoms with van der Waals surface area (Å²) in [5.41, 5.74) is 4.00. The van der Waals surface area contributed by atoms with Crippen LogP contribution < -0.4 is 14.8 Å². The first-order valence-corrected chi connectivity index (χ1v) is 10.6. The summed E-state index contributed by atoms with van der Waals surface area (Å²) < 4.78 is 11.0. The van der Waals surface area contributed by atoms with Crippen LogP contribution in [0.2, 0.25) is 0 Å². The lowest BCUT2D eigenvalue weighted by Crippen LogP contribution is -2.27. The summed E-state index contributed by atoms with van der Waals surface area (Å²) in [6, 6.07) is 19.6. The zero-order valence-corrected chi connectivity index (χ0v) is 18.3. The SMILES string of the molecule is COc1ccc([C@@H](CC(=O)NCCc2ccccn2)c2c[nH]c3ccccc23)c(OC)c1. The maximum Gasteiger partial charge on any atom is 0.220 e. The molecule has 1 atom stereocenters. The van der Waals surface area contributed by atoms with Crippen LogP contribution in [0.4, 0.5) is 0 Å². The van der Waals surface area contributed by atoms with Gasteiger partial charge in [0.25, 0.3) is 0 Å². The number of carbonyl (C=O) groups excluding carboxylic acids is 1. The van der Waals surface area contributed by atoms with Gasteiger partial charge >= 0.3 is 0 Å². The Kier molecular flexibility index (Phi) is 6.70. The number of nitrogens with one attached hydrogen (secondary N) is 2. The van der Waals surface area contributed by atoms with Gasteiger partial charge in [-0.2, -0.15) is 0 Å². The number of para-hydroxylation sites is 1. The molecule has 0 radical (unpaired) electrons. The maximum absolute atomic E-state index is 13.0. The highest BCUT2D eigenvalue weighted by atomic mass is 16.5. The van der Waals surface area contributed by atoms with Crippen molar-refractivity contribution in [1.29, 1.82) is 0 Å². The molecule has 2 heterocycles. The van der Waals surface area contributed by atoms with E-state index in [2.05, 4.69) is 21.4 Å². The number of ether oxygens (including phenoxy) is 2. The van der Waals surface area contributed by atoms with Crippen molar-refractivity contribution in [1.82, 2.24) is 15.3 Å². The third-order valence-electron chi connectivity index (χ3n) is 5.63. The zero-order valence-electron chi connectivity index (χ0n) is 18.3. The average Bonchev–Trinajstić information content (AvgIpc) is 3.27. The lowest BCUT2D eigenvalue weighted by Gasteiger charge is -2.20. The van der Waals surface area contributed by atoms with Crippen LogP contribution in [0.1, 0.15) is 29.2 Å². The highest BCUT2D eigenvalue weighted by molar-refractivity contribution is 5.86. The van der Waals surface area contributed by atoms with Crippen molar-refractivity contribution in [2.24, 2.45) is 0 Å². The number of pyridine rings is 1. The van der Waals surface area contributed by atoms with Crippen molar-refractivity contribution in [3.05, 3.63) is 89.9 Å². The number of amides is 1. The topological polar surface area (TPSA) is 76.2 Å². The number of carbonyl (C=O) groups is 1. The standard InChI is InChI=1S/C26H27N3O3/c1-31-19-10-11-21(25(15-19)32-2)22(23-17-29-24-9-4-3-8-20(23)24)16-26(30)28-14-12-18-7-5-6-13-27-18/h3-11,13,15,17,22,29H,12,14,16H2,1-2H3,(H,28,30)/t22-/m1/s1. The van der Waals surface area contributed by atoms with Crippen LogP contribution in [-0.2, 0) is 11.2 Å². The van der Waals surface area contributed by atoms with E-state index in [4.69, 9.17) is 9.47 Å². The summed E-state index contributed by atoms with van der Waals surface area (Å²) in [4.78, 5) is 20.6. The quantitative estimate of drug-likeness (QED) is 0.412. The number of hydrogen-bond donors (Lipinski definition) is 2. The van der Waals surface area contributed by atoms with Crippen LogP contribution in [0.15, 0.2) is 73.1 Å². The second kappa shape index (κ2) is 10.0. The molecule has 0 aliphatic rings. The number of benzene rings is 2. The average molecular weight is 430 g/mol. The molecular weight excluding hydrogens is 402 g/mol. The molecule has 1 amide bonds. The van der Waals surface area contributed by atoms with Gasteiger partial charge in [-0.15, -0.1) is 0 Å². The molecule has 4 rings (SSSR count). The first-order chi connectivity index (χ1) is 15.7. The molecule has 0 aliphatic carbocycles. The first-order valence-electron chi connectivity index (χ1n) is 10.6. The number of methoxy groups -OCH3 is 2. The van der Waals surface area contributed by atoms with E-state index in [0.717, 1.165) is 27.7 Å². The van der Waals surface area contributed by atoms with Gasteiger partial charge in [0.1, 0.15) is 11.5 Å². The molecule has 6 heteroatoms. The molecule has 0 saturated carbocycles. The minimum atomic E-state index is -0.179. The van der Waals surface area contributed by atoms with Gasteiger partial charge in [-0.3, -0.25) is 9.78 Å². The van der Waals surface area contributed by atoms with Gasteiger partial charge in [0.2, 0.25) is 5.91 Å². The Balaban J connectivity index is 1.60. The number of aromatic amines is 1. The Morgan fingerprint density at radius 3 is 2.66 bits per heavy atom. The van der Waals surface area contributed by atoms with Gasteiger partial charge in [0.15, 0.2) is 0 Å². The van der Waals surface area contributed by atoms with Gasteiger partial charge in [0, 0.05) is 65.9 Å². The van der Waals surface area contributed by atoms with Crippen LogP contribution in [0.5, 0.6) is 11.5 Å². The van der Waals surface area contributed by atoms with Gasteiger partial charge in [-0.1, -0.05) is 30.3 Å². The molecular formula is C26H27N3O3. The predicted molar refractivity (Wildman–Crippen MR) is 125 cm³/mol. The van der Waals surface area contributed by atoms with E-state index < -0.39 is 0 Å². The Bertz CT molecular complexity index is 1190. The second-order valence-corrected chi connectivity index (χ2v) is 7.58. The largest absolute Gasteiger partial charge is 0.497 e. The first kappa shape index (κ1) is 21.4. The fourth-order valence-electron chi connectivity index (χ4n) is 4.01. The van der Waals surface area contributed by atoms with Crippen molar-refractivity contribution >= 4 is 16.8 Å². The Morgan fingerprint density at radius 2 is 1.88 bits per heavy atom. The maximum atomic E-state index is 13.0. The van der Waals surface area contributed by atoms with Crippen LogP contribution in [0.25, 0.3) is 10.9 Å². The van der Waals surface area contributed by atoms with Crippen molar-refractivity contribution in [2.75, 3.05) is 20.8 Å². The Hall–Kier alpha value is -3.80. The fraction of sp³-hybridized carbons (Fsp3) is 0.231. The lowest BCUT2D eigenvalue weighted by atomic mass is 9.87. The number of fused-ring (bicyclic) bond motifs is 1. The summed E-state index contributed by atoms with van der Waals surface area (Å²) in [6.45, 7) is 0.538. The molecule has 2 aromatic heterocycles. The number of hydrogen-bond acceptors (Lipinski definition) is 4. The molecule has 0 fully saturated rings. The lowest BCUT2D eigenvalue weighted by molar-refractivity contribution is -0.121. The van der Waals surface area contributed by atoms with Crippen LogP contribution in [0, 0.1) is 0 Å². The summed E-state index contributed by atoms with van der Waals surface area (Å²) in [5.74, 6) is 1.21. The molecule has 0 spiro atoms. The van der Waals surface area contributed by atoms with E-state index in [0.29, 0.717) is 30.9 Å². The molecule has 2 aromatic carbocycles. The molecule has 2 N–H and O–H groups in total. The Labute approximate surface area is 187 Å². The molecule has 0 aliphatic heterocycles. The normalized spacial score (nSPS) is 11.8. The van der Waals surface area contributed by atoms with E-state index in [-0.39, 0.29) is 11.8 Å². The van der Waals surface area contributed by atoms with E-state index in [1.807, 2.05) is 60.8 Å². The highest BCUT2D eigenvalue weighted by Crippen LogP contribution is 2.39. The summed E-state index contributed by atoms with van der Waals surface area (Å²) in [6.07, 6.45) is 4.74. The predicted octanol–water partition coefficient (Wildman–Crippen LogP) is 4.46. The van der Waals surface area contributed by atoms with Gasteiger partial charge in [-0.05, 0) is 29.8 Å². The molecule has 0 unspecified atom stereocenters. The molecule has 0 saturated heterocycles. The number of rotatable bonds is 9. The van der Waals surface area contributed by atoms with Crippen LogP contribution >= 0.6 is 0 Å². The van der Waals surface area contributed by atoms with Crippen molar-refractivity contribution < 1.29 is 14.3 Å². The third-order valence-corrected chi connectivity index (χ3v) is 5.63. The van der Waals surface area contributed by atoms with E-state index >= 15 is 0 Å². The smallest absolute Gasteiger partial charge is 0.220 e. The van der Waals surface area contributed by atoms with E-state index in [9.17, 15) is 4.79 Å². The third kappa shape index (κ3) is 4.75. The number of aromatic nitrogens is 2. The van der Waals surface area contributed by atoms with Gasteiger partial charge in [0.05, 0.1) is 14.2 Å². The summed E-state index contributed by atoms with van der Waals surface area (Å²) in [5, 5.41) is 4.14. The van der Waals surface area contributed by atoms with Crippen LogP contribution in [0.3, 0.4) is 0 Å². The molecule has 4 aromatic rings. The van der Waals surface area contributed by atoms with E-state index in [1.165, 1.54) is 0 Å². The minimum absolute atomic E-state index is 0.0194. The highest BCUT2D eigenvalue weighted by Gasteiger charge is 2.24. The summed E-state index contributed by atoms with van der Waals surface area (Å²) >= 11 is 0. The molecule has 164 valence electrons. The minimum Gasteiger partial charge on any atom is -0.497 e. The van der Waals surface area contributed by atoms with Crippen molar-refractivity contribution in [3.8, 4) is 11.5 Å². The monoisotopic (exact) mass is 429 g/mol. The number of nitrogens with zero attached hydrogens (tertiary/aromatic N) is 1. The second-order valence-electron chi connectivity index (χ2n) is 7.58. The fourth-order valence-corrected chi connectivity index (χ4v) is 4.01. The van der Waals surface area contributed by atoms with Crippen molar-refractivity contribution in [3.63, 3.8) is 0 Å². The summed E-state index contributed by atoms with van der Waals surface area (Å²) in [7, 11) is 3.26. The number of H-pyrrole nitrogens is 1. The van der Waals surface area contributed by atoms with Crippen LogP contribution in [-0.4, -0.2) is 36.6 Å². The molecule has 0 bridgehead atoms. The zero-order chi connectivity index (χ0) is 22.3. The van der Waals surface area contributed by atoms with Crippen molar-refractivity contribution in [2.45, 2.75) is 18.8 Å². The van der Waals surface area contributed by atoms with Gasteiger partial charge in [-0.25, -0.2) is 0 Å². The molecule has 32 heavy (non-hydrogen) atoms. The van der Waals surface area contributed by atoms with Gasteiger partial charge < -0.3 is 19.8 Å².